The minimum absolute atomic E-state index is 0.0256. The maximum absolute atomic E-state index is 12.4. The second-order valence-electron chi connectivity index (χ2n) is 3.99. The molecule has 1 aromatic heterocycles. The first-order chi connectivity index (χ1) is 9.68. The summed E-state index contributed by atoms with van der Waals surface area (Å²) in [4.78, 5) is 3.44. The van der Waals surface area contributed by atoms with E-state index in [1.165, 1.54) is 18.3 Å². The van der Waals surface area contributed by atoms with Crippen LogP contribution >= 0.6 is 11.6 Å². The van der Waals surface area contributed by atoms with Gasteiger partial charge in [0, 0.05) is 17.3 Å². The number of nitrogens with zero attached hydrogens (tertiary/aromatic N) is 1. The number of benzene rings is 1. The fourth-order valence-corrected chi connectivity index (χ4v) is 2.64. The van der Waals surface area contributed by atoms with Crippen LogP contribution in [-0.2, 0) is 16.2 Å². The minimum Gasteiger partial charge on any atom is -0.263 e. The van der Waals surface area contributed by atoms with Crippen molar-refractivity contribution in [2.24, 2.45) is 0 Å². The molecule has 0 saturated heterocycles. The summed E-state index contributed by atoms with van der Waals surface area (Å²) in [6.07, 6.45) is -3.23. The Labute approximate surface area is 123 Å². The maximum Gasteiger partial charge on any atom is 0.416 e. The average molecular weight is 337 g/mol. The number of nitrogens with one attached hydrogen (secondary N) is 1. The molecule has 1 N–H and O–H groups in total. The lowest BCUT2D eigenvalue weighted by atomic mass is 10.2. The van der Waals surface area contributed by atoms with Crippen molar-refractivity contribution in [1.29, 1.82) is 0 Å². The number of alkyl halides is 3. The van der Waals surface area contributed by atoms with E-state index < -0.39 is 21.8 Å². The first-order valence-electron chi connectivity index (χ1n) is 5.50. The first kappa shape index (κ1) is 15.6. The molecule has 0 spiro atoms. The van der Waals surface area contributed by atoms with Gasteiger partial charge in [0.25, 0.3) is 10.0 Å². The molecule has 2 rings (SSSR count). The summed E-state index contributed by atoms with van der Waals surface area (Å²) in [5, 5.41) is 0.273. The molecule has 112 valence electrons. The minimum atomic E-state index is -4.52. The third-order valence-corrected chi connectivity index (χ3v) is 4.06. The number of halogens is 4. The number of pyridine rings is 1. The molecule has 4 nitrogen and oxygen atoms in total. The molecule has 0 atom stereocenters. The summed E-state index contributed by atoms with van der Waals surface area (Å²) in [5.41, 5.74) is -0.928. The number of sulfonamides is 1. The molecule has 0 bridgehead atoms. The topological polar surface area (TPSA) is 59.1 Å². The SMILES string of the molecule is O=S(=O)(Nc1cc(Cl)ccn1)c1ccc(C(F)(F)F)cc1. The molecule has 0 fully saturated rings. The molecule has 1 heterocycles. The summed E-state index contributed by atoms with van der Waals surface area (Å²) in [7, 11) is -4.03. The van der Waals surface area contributed by atoms with Gasteiger partial charge in [-0.1, -0.05) is 11.6 Å². The van der Waals surface area contributed by atoms with Crippen LogP contribution in [0, 0.1) is 0 Å². The predicted octanol–water partition coefficient (Wildman–Crippen LogP) is 3.55. The molecule has 2 aromatic rings. The van der Waals surface area contributed by atoms with Gasteiger partial charge in [0.1, 0.15) is 5.82 Å². The Morgan fingerprint density at radius 1 is 1.10 bits per heavy atom. The molecule has 0 aliphatic carbocycles. The van der Waals surface area contributed by atoms with Gasteiger partial charge in [-0.05, 0) is 30.3 Å². The Balaban J connectivity index is 2.28. The van der Waals surface area contributed by atoms with Crippen LogP contribution in [-0.4, -0.2) is 13.4 Å². The second kappa shape index (κ2) is 5.53. The molecule has 21 heavy (non-hydrogen) atoms. The van der Waals surface area contributed by atoms with Crippen LogP contribution in [0.5, 0.6) is 0 Å². The zero-order chi connectivity index (χ0) is 15.7. The Morgan fingerprint density at radius 2 is 1.71 bits per heavy atom. The van der Waals surface area contributed by atoms with Crippen molar-refractivity contribution in [3.05, 3.63) is 53.2 Å². The summed E-state index contributed by atoms with van der Waals surface area (Å²) in [5.74, 6) is -0.0256. The summed E-state index contributed by atoms with van der Waals surface area (Å²) in [6, 6.07) is 5.87. The Kier molecular flexibility index (Phi) is 4.11. The summed E-state index contributed by atoms with van der Waals surface area (Å²) >= 11 is 5.69. The van der Waals surface area contributed by atoms with Crippen molar-refractivity contribution in [1.82, 2.24) is 4.98 Å². The Morgan fingerprint density at radius 3 is 2.24 bits per heavy atom. The Bertz CT molecular complexity index is 746. The van der Waals surface area contributed by atoms with Gasteiger partial charge in [0.15, 0.2) is 0 Å². The largest absolute Gasteiger partial charge is 0.416 e. The van der Waals surface area contributed by atoms with Crippen molar-refractivity contribution in [3.8, 4) is 0 Å². The molecular formula is C12H8ClF3N2O2S. The van der Waals surface area contributed by atoms with Crippen molar-refractivity contribution >= 4 is 27.4 Å². The second-order valence-corrected chi connectivity index (χ2v) is 6.11. The van der Waals surface area contributed by atoms with Crippen LogP contribution in [0.25, 0.3) is 0 Å². The molecule has 0 aliphatic rings. The van der Waals surface area contributed by atoms with E-state index in [9.17, 15) is 21.6 Å². The van der Waals surface area contributed by atoms with Gasteiger partial charge in [0.05, 0.1) is 10.5 Å². The van der Waals surface area contributed by atoms with Gasteiger partial charge in [-0.15, -0.1) is 0 Å². The molecule has 0 unspecified atom stereocenters. The lowest BCUT2D eigenvalue weighted by Gasteiger charge is -2.09. The summed E-state index contributed by atoms with van der Waals surface area (Å²) < 4.78 is 63.4. The van der Waals surface area contributed by atoms with E-state index in [0.29, 0.717) is 12.1 Å². The smallest absolute Gasteiger partial charge is 0.263 e. The molecular weight excluding hydrogens is 329 g/mol. The highest BCUT2D eigenvalue weighted by Gasteiger charge is 2.30. The maximum atomic E-state index is 12.4. The number of anilines is 1. The number of hydrogen-bond acceptors (Lipinski definition) is 3. The fraction of sp³-hybridized carbons (Fsp3) is 0.0833. The first-order valence-corrected chi connectivity index (χ1v) is 7.36. The highest BCUT2D eigenvalue weighted by atomic mass is 35.5. The monoisotopic (exact) mass is 336 g/mol. The van der Waals surface area contributed by atoms with Crippen LogP contribution in [0.2, 0.25) is 5.02 Å². The number of aromatic nitrogens is 1. The molecule has 0 amide bonds. The lowest BCUT2D eigenvalue weighted by molar-refractivity contribution is -0.137. The standard InChI is InChI=1S/C12H8ClF3N2O2S/c13-9-5-6-17-11(7-9)18-21(19,20)10-3-1-8(2-4-10)12(14,15)16/h1-7H,(H,17,18). The highest BCUT2D eigenvalue weighted by molar-refractivity contribution is 7.92. The third kappa shape index (κ3) is 3.85. The van der Waals surface area contributed by atoms with Gasteiger partial charge >= 0.3 is 6.18 Å². The zero-order valence-corrected chi connectivity index (χ0v) is 11.8. The quantitative estimate of drug-likeness (QED) is 0.932. The summed E-state index contributed by atoms with van der Waals surface area (Å²) in [6.45, 7) is 0. The molecule has 0 radical (unpaired) electrons. The highest BCUT2D eigenvalue weighted by Crippen LogP contribution is 2.30. The predicted molar refractivity (Wildman–Crippen MR) is 71.5 cm³/mol. The fourth-order valence-electron chi connectivity index (χ4n) is 1.48. The molecule has 1 aromatic carbocycles. The van der Waals surface area contributed by atoms with E-state index in [-0.39, 0.29) is 15.7 Å². The van der Waals surface area contributed by atoms with Gasteiger partial charge in [0.2, 0.25) is 0 Å². The van der Waals surface area contributed by atoms with E-state index in [2.05, 4.69) is 9.71 Å². The average Bonchev–Trinajstić information content (AvgIpc) is 2.37. The van der Waals surface area contributed by atoms with Crippen LogP contribution < -0.4 is 4.72 Å². The lowest BCUT2D eigenvalue weighted by Crippen LogP contribution is -2.14. The normalized spacial score (nSPS) is 12.2. The van der Waals surface area contributed by atoms with Gasteiger partial charge in [-0.3, -0.25) is 4.72 Å². The van der Waals surface area contributed by atoms with E-state index in [1.807, 2.05) is 0 Å². The van der Waals surface area contributed by atoms with Crippen LogP contribution in [0.3, 0.4) is 0 Å². The van der Waals surface area contributed by atoms with E-state index in [4.69, 9.17) is 11.6 Å². The van der Waals surface area contributed by atoms with Crippen molar-refractivity contribution in [2.45, 2.75) is 11.1 Å². The third-order valence-electron chi connectivity index (χ3n) is 2.45. The van der Waals surface area contributed by atoms with E-state index in [0.717, 1.165) is 12.1 Å². The van der Waals surface area contributed by atoms with Crippen molar-refractivity contribution in [2.75, 3.05) is 4.72 Å². The Hall–Kier alpha value is -1.80. The number of rotatable bonds is 3. The zero-order valence-electron chi connectivity index (χ0n) is 10.2. The van der Waals surface area contributed by atoms with Crippen LogP contribution in [0.15, 0.2) is 47.5 Å². The van der Waals surface area contributed by atoms with E-state index in [1.54, 1.807) is 0 Å². The van der Waals surface area contributed by atoms with Gasteiger partial charge in [-0.2, -0.15) is 13.2 Å². The van der Waals surface area contributed by atoms with Crippen molar-refractivity contribution in [3.63, 3.8) is 0 Å². The molecule has 0 saturated carbocycles. The molecule has 0 aliphatic heterocycles. The number of hydrogen-bond donors (Lipinski definition) is 1. The van der Waals surface area contributed by atoms with Gasteiger partial charge < -0.3 is 0 Å². The van der Waals surface area contributed by atoms with E-state index >= 15 is 0 Å². The van der Waals surface area contributed by atoms with Crippen molar-refractivity contribution < 1.29 is 21.6 Å². The molecule has 9 heteroatoms. The van der Waals surface area contributed by atoms with Crippen LogP contribution in [0.1, 0.15) is 5.56 Å². The van der Waals surface area contributed by atoms with Gasteiger partial charge in [-0.25, -0.2) is 13.4 Å². The van der Waals surface area contributed by atoms with Crippen LogP contribution in [0.4, 0.5) is 19.0 Å².